The minimum absolute atomic E-state index is 0.129. The van der Waals surface area contributed by atoms with Gasteiger partial charge in [0.25, 0.3) is 5.91 Å². The van der Waals surface area contributed by atoms with E-state index in [-0.39, 0.29) is 22.9 Å². The lowest BCUT2D eigenvalue weighted by molar-refractivity contribution is -0.121. The Balaban J connectivity index is 1.91. The van der Waals surface area contributed by atoms with E-state index in [4.69, 9.17) is 0 Å². The summed E-state index contributed by atoms with van der Waals surface area (Å²) in [6.07, 6.45) is 1.80. The molecule has 0 aliphatic carbocycles. The van der Waals surface area contributed by atoms with Gasteiger partial charge in [0.1, 0.15) is 5.75 Å². The van der Waals surface area contributed by atoms with Crippen molar-refractivity contribution in [3.8, 4) is 5.75 Å². The first-order valence-corrected chi connectivity index (χ1v) is 9.50. The second-order valence-electron chi connectivity index (χ2n) is 6.70. The molecule has 0 unspecified atom stereocenters. The number of carbonyl (C=O) groups excluding carboxylic acids is 1. The van der Waals surface area contributed by atoms with Crippen LogP contribution < -0.4 is 0 Å². The smallest absolute Gasteiger partial charge is 0.338 e. The molecule has 0 radical (unpaired) electrons. The number of phenolic OH excluding ortho intramolecular Hbond substituents is 1. The zero-order chi connectivity index (χ0) is 20.4. The number of aliphatic imine (C=N–C) groups is 1. The molecular weight excluding hydrogens is 376 g/mol. The molecule has 7 heteroatoms. The Labute approximate surface area is 167 Å². The highest BCUT2D eigenvalue weighted by molar-refractivity contribution is 8.18. The van der Waals surface area contributed by atoms with Crippen LogP contribution in [0.4, 0.5) is 5.69 Å². The molecule has 2 aromatic rings. The van der Waals surface area contributed by atoms with Crippen molar-refractivity contribution in [2.75, 3.05) is 7.05 Å². The molecule has 1 saturated heterocycles. The molecule has 144 valence electrons. The summed E-state index contributed by atoms with van der Waals surface area (Å²) in [5.74, 6) is -1.13. The summed E-state index contributed by atoms with van der Waals surface area (Å²) >= 11 is 1.18. The molecule has 28 heavy (non-hydrogen) atoms. The molecule has 1 fully saturated rings. The van der Waals surface area contributed by atoms with Gasteiger partial charge in [0.05, 0.1) is 16.2 Å². The maximum atomic E-state index is 12.6. The molecule has 0 aromatic heterocycles. The number of carbonyl (C=O) groups is 2. The Morgan fingerprint density at radius 1 is 1.18 bits per heavy atom. The van der Waals surface area contributed by atoms with Crippen LogP contribution in [0.15, 0.2) is 52.4 Å². The monoisotopic (exact) mass is 396 g/mol. The number of carboxylic acid groups (broad SMARTS) is 1. The normalized spacial score (nSPS) is 17.1. The van der Waals surface area contributed by atoms with E-state index in [1.165, 1.54) is 34.4 Å². The van der Waals surface area contributed by atoms with Crippen LogP contribution in [-0.4, -0.2) is 39.2 Å². The molecule has 6 nitrogen and oxygen atoms in total. The number of hydrogen-bond donors (Lipinski definition) is 2. The van der Waals surface area contributed by atoms with Crippen molar-refractivity contribution in [3.63, 3.8) is 0 Å². The van der Waals surface area contributed by atoms with Gasteiger partial charge in [0.2, 0.25) is 0 Å². The molecule has 2 aromatic carbocycles. The number of benzene rings is 2. The molecule has 0 bridgehead atoms. The van der Waals surface area contributed by atoms with Crippen LogP contribution in [0, 0.1) is 0 Å². The van der Waals surface area contributed by atoms with Gasteiger partial charge in [-0.2, -0.15) is 0 Å². The van der Waals surface area contributed by atoms with Gasteiger partial charge in [0, 0.05) is 7.05 Å². The van der Waals surface area contributed by atoms with E-state index in [1.807, 2.05) is 24.3 Å². The van der Waals surface area contributed by atoms with Gasteiger partial charge >= 0.3 is 5.97 Å². The van der Waals surface area contributed by atoms with Crippen LogP contribution in [0.5, 0.6) is 5.75 Å². The number of amidine groups is 1. The second kappa shape index (κ2) is 7.90. The molecule has 1 amide bonds. The lowest BCUT2D eigenvalue weighted by Crippen LogP contribution is -2.23. The highest BCUT2D eigenvalue weighted by Crippen LogP contribution is 2.34. The number of thioether (sulfide) groups is 1. The number of hydrogen-bond acceptors (Lipinski definition) is 5. The average Bonchev–Trinajstić information content (AvgIpc) is 2.91. The Bertz CT molecular complexity index is 994. The van der Waals surface area contributed by atoms with Crippen molar-refractivity contribution in [2.45, 2.75) is 19.8 Å². The van der Waals surface area contributed by atoms with E-state index in [2.05, 4.69) is 18.8 Å². The van der Waals surface area contributed by atoms with E-state index in [1.54, 1.807) is 13.1 Å². The summed E-state index contributed by atoms with van der Waals surface area (Å²) in [4.78, 5) is 30.2. The van der Waals surface area contributed by atoms with Crippen molar-refractivity contribution >= 4 is 40.6 Å². The number of amides is 1. The number of likely N-dealkylation sites (N-methyl/N-ethyl adjacent to an activating group) is 1. The SMILES string of the molecule is CC(C)c1ccc(/C=C2\SC(=Nc3ccc(O)cc3C(=O)O)N(C)C2=O)cc1. The lowest BCUT2D eigenvalue weighted by atomic mass is 10.0. The molecule has 0 atom stereocenters. The Morgan fingerprint density at radius 3 is 2.46 bits per heavy atom. The van der Waals surface area contributed by atoms with E-state index in [0.717, 1.165) is 11.6 Å². The van der Waals surface area contributed by atoms with Crippen molar-refractivity contribution < 1.29 is 19.8 Å². The maximum Gasteiger partial charge on any atom is 0.338 e. The summed E-state index contributed by atoms with van der Waals surface area (Å²) in [6, 6.07) is 11.9. The molecule has 0 spiro atoms. The standard InChI is InChI=1S/C21H20N2O4S/c1-12(2)14-6-4-13(5-7-14)10-18-19(25)23(3)21(28-18)22-17-9-8-15(24)11-16(17)20(26)27/h4-12,24H,1-3H3,(H,26,27)/b18-10-,22-21?. The number of aromatic hydroxyl groups is 1. The number of carboxylic acids is 1. The average molecular weight is 396 g/mol. The van der Waals surface area contributed by atoms with Crippen molar-refractivity contribution in [1.82, 2.24) is 4.90 Å². The number of rotatable bonds is 4. The molecular formula is C21H20N2O4S. The van der Waals surface area contributed by atoms with Crippen LogP contribution in [0.2, 0.25) is 0 Å². The Morgan fingerprint density at radius 2 is 1.86 bits per heavy atom. The fraction of sp³-hybridized carbons (Fsp3) is 0.190. The number of aromatic carboxylic acids is 1. The Kier molecular flexibility index (Phi) is 5.56. The molecule has 1 heterocycles. The van der Waals surface area contributed by atoms with Crippen LogP contribution >= 0.6 is 11.8 Å². The summed E-state index contributed by atoms with van der Waals surface area (Å²) in [5, 5.41) is 19.2. The second-order valence-corrected chi connectivity index (χ2v) is 7.71. The van der Waals surface area contributed by atoms with Gasteiger partial charge in [-0.1, -0.05) is 38.1 Å². The summed E-state index contributed by atoms with van der Waals surface area (Å²) < 4.78 is 0. The highest BCUT2D eigenvalue weighted by atomic mass is 32.2. The van der Waals surface area contributed by atoms with E-state index in [9.17, 15) is 19.8 Å². The van der Waals surface area contributed by atoms with Gasteiger partial charge in [-0.3, -0.25) is 9.69 Å². The van der Waals surface area contributed by atoms with Crippen LogP contribution in [-0.2, 0) is 4.79 Å². The highest BCUT2D eigenvalue weighted by Gasteiger charge is 2.30. The predicted octanol–water partition coefficient (Wildman–Crippen LogP) is 4.45. The van der Waals surface area contributed by atoms with Gasteiger partial charge in [-0.25, -0.2) is 9.79 Å². The zero-order valence-electron chi connectivity index (χ0n) is 15.7. The van der Waals surface area contributed by atoms with Crippen LogP contribution in [0.25, 0.3) is 6.08 Å². The minimum atomic E-state index is -1.20. The first-order chi connectivity index (χ1) is 13.3. The van der Waals surface area contributed by atoms with E-state index < -0.39 is 5.97 Å². The molecule has 1 aliphatic rings. The lowest BCUT2D eigenvalue weighted by Gasteiger charge is -2.08. The summed E-state index contributed by atoms with van der Waals surface area (Å²) in [6.45, 7) is 4.24. The fourth-order valence-electron chi connectivity index (χ4n) is 2.68. The van der Waals surface area contributed by atoms with Crippen molar-refractivity contribution in [2.24, 2.45) is 4.99 Å². The molecule has 3 rings (SSSR count). The zero-order valence-corrected chi connectivity index (χ0v) is 16.5. The fourth-order valence-corrected chi connectivity index (χ4v) is 3.66. The molecule has 2 N–H and O–H groups in total. The largest absolute Gasteiger partial charge is 0.508 e. The van der Waals surface area contributed by atoms with Crippen molar-refractivity contribution in [3.05, 3.63) is 64.1 Å². The van der Waals surface area contributed by atoms with E-state index >= 15 is 0 Å². The summed E-state index contributed by atoms with van der Waals surface area (Å²) in [5.41, 5.74) is 2.18. The van der Waals surface area contributed by atoms with Gasteiger partial charge in [0.15, 0.2) is 5.17 Å². The quantitative estimate of drug-likeness (QED) is 0.745. The topological polar surface area (TPSA) is 90.2 Å². The van der Waals surface area contributed by atoms with Crippen molar-refractivity contribution in [1.29, 1.82) is 0 Å². The third-order valence-corrected chi connectivity index (χ3v) is 5.39. The molecule has 1 aliphatic heterocycles. The Hall–Kier alpha value is -3.06. The number of nitrogens with zero attached hydrogens (tertiary/aromatic N) is 2. The third kappa shape index (κ3) is 4.09. The first kappa shape index (κ1) is 19.7. The van der Waals surface area contributed by atoms with Crippen LogP contribution in [0.3, 0.4) is 0 Å². The minimum Gasteiger partial charge on any atom is -0.508 e. The number of phenols is 1. The summed E-state index contributed by atoms with van der Waals surface area (Å²) in [7, 11) is 1.59. The van der Waals surface area contributed by atoms with Gasteiger partial charge < -0.3 is 10.2 Å². The van der Waals surface area contributed by atoms with E-state index in [0.29, 0.717) is 16.0 Å². The maximum absolute atomic E-state index is 12.6. The molecule has 0 saturated carbocycles. The van der Waals surface area contributed by atoms with Gasteiger partial charge in [-0.05, 0) is 53.1 Å². The third-order valence-electron chi connectivity index (χ3n) is 4.33. The van der Waals surface area contributed by atoms with Crippen LogP contribution in [0.1, 0.15) is 41.3 Å². The van der Waals surface area contributed by atoms with Gasteiger partial charge in [-0.15, -0.1) is 0 Å². The predicted molar refractivity (Wildman–Crippen MR) is 111 cm³/mol. The first-order valence-electron chi connectivity index (χ1n) is 8.69.